The Morgan fingerprint density at radius 2 is 1.03 bits per heavy atom. The second-order valence-electron chi connectivity index (χ2n) is 7.89. The average molecular weight is 712 g/mol. The molecule has 190 valence electrons. The molecule has 0 aliphatic heterocycles. The number of hydrogen-bond acceptors (Lipinski definition) is 6. The number of carbonyl (C=O) groups is 2. The fourth-order valence-corrected chi connectivity index (χ4v) is 5.22. The molecule has 0 saturated carbocycles. The molecule has 6 rings (SSSR count). The summed E-state index contributed by atoms with van der Waals surface area (Å²) in [6, 6.07) is 38.6. The molecule has 0 unspecified atom stereocenters. The van der Waals surface area contributed by atoms with Crippen LogP contribution in [0.2, 0.25) is 0 Å². The van der Waals surface area contributed by atoms with Crippen LogP contribution in [0.3, 0.4) is 0 Å². The number of nitrogens with zero attached hydrogens (tertiary/aromatic N) is 2. The molecule has 0 amide bonds. The van der Waals surface area contributed by atoms with Crippen molar-refractivity contribution in [2.45, 2.75) is 13.8 Å². The van der Waals surface area contributed by atoms with Gasteiger partial charge in [0.1, 0.15) is 0 Å². The maximum Gasteiger partial charge on any atom is 3.00 e. The molecule has 0 N–H and O–H groups in total. The van der Waals surface area contributed by atoms with Gasteiger partial charge in [0.05, 0.1) is 11.0 Å². The van der Waals surface area contributed by atoms with Gasteiger partial charge in [0.25, 0.3) is 0 Å². The topological polar surface area (TPSA) is 59.9 Å². The van der Waals surface area contributed by atoms with Crippen LogP contribution in [-0.2, 0) is 29.7 Å². The number of Topliss-reactive ketones (excluding diaryl/α,β-unsaturated/α-hetero) is 2. The third kappa shape index (κ3) is 8.27. The minimum Gasteiger partial charge on any atom is -0.334 e. The number of fused-ring (bicyclic) bond motifs is 2. The van der Waals surface area contributed by atoms with E-state index in [1.165, 1.54) is 23.2 Å². The van der Waals surface area contributed by atoms with Crippen LogP contribution in [0.4, 0.5) is 0 Å². The summed E-state index contributed by atoms with van der Waals surface area (Å²) in [6.45, 7) is 2.70. The molecular formula is C31H23IrN2O2S2. The van der Waals surface area contributed by atoms with Gasteiger partial charge in [0.2, 0.25) is 0 Å². The van der Waals surface area contributed by atoms with Gasteiger partial charge in [-0.25, -0.2) is 0 Å². The number of benzene rings is 4. The van der Waals surface area contributed by atoms with E-state index >= 15 is 0 Å². The summed E-state index contributed by atoms with van der Waals surface area (Å²) >= 11 is 3.42. The molecule has 4 aromatic carbocycles. The minimum atomic E-state index is -0.187. The van der Waals surface area contributed by atoms with Crippen LogP contribution >= 0.6 is 22.7 Å². The SMILES string of the molecule is CC(=O)[CH-]C(C)=O.[Ir+3].[c-]1ccccc1-c1nc2ccccc2s1.[c-]1ccccc1-c1nc2ccccc2s1. The van der Waals surface area contributed by atoms with Crippen LogP contribution in [0.5, 0.6) is 0 Å². The first-order valence-corrected chi connectivity index (χ1v) is 13.1. The summed E-state index contributed by atoms with van der Waals surface area (Å²) in [5, 5.41) is 2.08. The van der Waals surface area contributed by atoms with Gasteiger partial charge in [-0.2, -0.15) is 22.7 Å². The van der Waals surface area contributed by atoms with Gasteiger partial charge >= 0.3 is 20.1 Å². The van der Waals surface area contributed by atoms with Gasteiger partial charge in [0.15, 0.2) is 0 Å². The van der Waals surface area contributed by atoms with Crippen molar-refractivity contribution < 1.29 is 29.7 Å². The van der Waals surface area contributed by atoms with E-state index in [4.69, 9.17) is 0 Å². The van der Waals surface area contributed by atoms with Crippen LogP contribution in [-0.4, -0.2) is 21.5 Å². The second kappa shape index (κ2) is 14.5. The summed E-state index contributed by atoms with van der Waals surface area (Å²) in [5.41, 5.74) is 4.27. The molecule has 0 radical (unpaired) electrons. The van der Waals surface area contributed by atoms with E-state index in [1.807, 2.05) is 84.9 Å². The Hall–Kier alpha value is -3.48. The number of aromatic nitrogens is 2. The van der Waals surface area contributed by atoms with E-state index in [1.54, 1.807) is 22.7 Å². The van der Waals surface area contributed by atoms with Crippen molar-refractivity contribution in [3.63, 3.8) is 0 Å². The van der Waals surface area contributed by atoms with Gasteiger partial charge in [-0.05, 0) is 38.1 Å². The predicted molar refractivity (Wildman–Crippen MR) is 153 cm³/mol. The third-order valence-electron chi connectivity index (χ3n) is 4.87. The third-order valence-corrected chi connectivity index (χ3v) is 7.01. The van der Waals surface area contributed by atoms with Crippen molar-refractivity contribution in [3.8, 4) is 21.1 Å². The number of ketones is 2. The molecule has 2 heterocycles. The smallest absolute Gasteiger partial charge is 0.334 e. The first-order chi connectivity index (χ1) is 18.0. The molecule has 4 nitrogen and oxygen atoms in total. The standard InChI is InChI=1S/2C13H8NS.C5H7O2.Ir/c2*1-2-6-10(7-3-1)13-14-11-8-4-5-9-12(11)15-13;1-4(6)3-5(2)7;/h2*1-6,8-9H;3H,1-2H3;/q3*-1;+3. The van der Waals surface area contributed by atoms with Gasteiger partial charge in [-0.1, -0.05) is 24.3 Å². The van der Waals surface area contributed by atoms with Gasteiger partial charge in [0, 0.05) is 31.0 Å². The molecule has 0 bridgehead atoms. The van der Waals surface area contributed by atoms with E-state index in [9.17, 15) is 9.59 Å². The van der Waals surface area contributed by atoms with Gasteiger partial charge in [-0.15, -0.1) is 71.8 Å². The van der Waals surface area contributed by atoms with Crippen molar-refractivity contribution in [2.75, 3.05) is 0 Å². The summed E-state index contributed by atoms with van der Waals surface area (Å²) in [5.74, 6) is -0.375. The summed E-state index contributed by atoms with van der Waals surface area (Å²) in [7, 11) is 0. The molecule has 0 atom stereocenters. The van der Waals surface area contributed by atoms with E-state index in [0.717, 1.165) is 38.6 Å². The zero-order valence-corrected chi connectivity index (χ0v) is 24.7. The minimum absolute atomic E-state index is 0. The van der Waals surface area contributed by atoms with Crippen molar-refractivity contribution in [3.05, 3.63) is 116 Å². The quantitative estimate of drug-likeness (QED) is 0.138. The van der Waals surface area contributed by atoms with Crippen LogP contribution in [0.1, 0.15) is 13.8 Å². The normalized spacial score (nSPS) is 9.84. The Morgan fingerprint density at radius 3 is 1.34 bits per heavy atom. The first-order valence-electron chi connectivity index (χ1n) is 11.5. The summed E-state index contributed by atoms with van der Waals surface area (Å²) in [4.78, 5) is 29.1. The summed E-state index contributed by atoms with van der Waals surface area (Å²) < 4.78 is 2.45. The molecule has 0 spiro atoms. The van der Waals surface area contributed by atoms with E-state index < -0.39 is 0 Å². The zero-order valence-electron chi connectivity index (χ0n) is 20.7. The fraction of sp³-hybridized carbons (Fsp3) is 0.0645. The van der Waals surface area contributed by atoms with E-state index in [0.29, 0.717) is 0 Å². The van der Waals surface area contributed by atoms with Crippen molar-refractivity contribution >= 4 is 54.7 Å². The van der Waals surface area contributed by atoms with Crippen LogP contribution in [0.25, 0.3) is 41.6 Å². The number of rotatable bonds is 4. The predicted octanol–water partition coefficient (Wildman–Crippen LogP) is 7.89. The molecular weight excluding hydrogens is 689 g/mol. The molecule has 6 aromatic rings. The maximum absolute atomic E-state index is 9.98. The number of hydrogen-bond donors (Lipinski definition) is 0. The van der Waals surface area contributed by atoms with Crippen LogP contribution in [0, 0.1) is 18.6 Å². The monoisotopic (exact) mass is 712 g/mol. The van der Waals surface area contributed by atoms with E-state index in [-0.39, 0.29) is 31.7 Å². The Labute approximate surface area is 243 Å². The first kappa shape index (κ1) is 29.1. The Balaban J connectivity index is 0.000000167. The van der Waals surface area contributed by atoms with Crippen LogP contribution < -0.4 is 0 Å². The van der Waals surface area contributed by atoms with Crippen molar-refractivity contribution in [1.82, 2.24) is 9.97 Å². The number of thiazole rings is 2. The summed E-state index contributed by atoms with van der Waals surface area (Å²) in [6.07, 6.45) is 1.06. The van der Waals surface area contributed by atoms with Crippen LogP contribution in [0.15, 0.2) is 97.1 Å². The zero-order chi connectivity index (χ0) is 26.0. The number of para-hydroxylation sites is 2. The molecule has 38 heavy (non-hydrogen) atoms. The van der Waals surface area contributed by atoms with Gasteiger partial charge < -0.3 is 9.59 Å². The average Bonchev–Trinajstić information content (AvgIpc) is 3.54. The van der Waals surface area contributed by atoms with E-state index in [2.05, 4.69) is 34.2 Å². The Bertz CT molecular complexity index is 1430. The molecule has 7 heteroatoms. The molecule has 0 saturated heterocycles. The molecule has 0 aliphatic rings. The Kier molecular flexibility index (Phi) is 11.1. The molecule has 0 fully saturated rings. The van der Waals surface area contributed by atoms with Crippen molar-refractivity contribution in [2.24, 2.45) is 0 Å². The molecule has 0 aliphatic carbocycles. The fourth-order valence-electron chi connectivity index (χ4n) is 3.31. The largest absolute Gasteiger partial charge is 3.00 e. The number of carbonyl (C=O) groups excluding carboxylic acids is 2. The Morgan fingerprint density at radius 1 is 0.632 bits per heavy atom. The van der Waals surface area contributed by atoms with Crippen molar-refractivity contribution in [1.29, 1.82) is 0 Å². The molecule has 2 aromatic heterocycles. The van der Waals surface area contributed by atoms with Gasteiger partial charge in [-0.3, -0.25) is 16.4 Å². The second-order valence-corrected chi connectivity index (χ2v) is 9.95. The maximum atomic E-state index is 9.98.